The van der Waals surface area contributed by atoms with Crippen molar-refractivity contribution in [1.29, 1.82) is 0 Å². The number of ether oxygens (including phenoxy) is 1. The number of halogens is 1. The van der Waals surface area contributed by atoms with Gasteiger partial charge >= 0.3 is 5.97 Å². The minimum atomic E-state index is -0.587. The summed E-state index contributed by atoms with van der Waals surface area (Å²) in [6.45, 7) is 1.49. The van der Waals surface area contributed by atoms with E-state index in [1.54, 1.807) is 18.2 Å². The number of amides is 2. The number of thioether (sulfide) groups is 1. The minimum absolute atomic E-state index is 0.0395. The van der Waals surface area contributed by atoms with Crippen molar-refractivity contribution in [3.05, 3.63) is 53.3 Å². The minimum Gasteiger partial charge on any atom is -0.455 e. The van der Waals surface area contributed by atoms with Gasteiger partial charge in [-0.3, -0.25) is 14.4 Å². The van der Waals surface area contributed by atoms with Crippen LogP contribution in [0.5, 0.6) is 0 Å². The van der Waals surface area contributed by atoms with Crippen molar-refractivity contribution < 1.29 is 19.1 Å². The molecule has 1 heterocycles. The van der Waals surface area contributed by atoms with Crippen molar-refractivity contribution in [3.8, 4) is 0 Å². The lowest BCUT2D eigenvalue weighted by molar-refractivity contribution is -0.144. The van der Waals surface area contributed by atoms with E-state index in [-0.39, 0.29) is 22.6 Å². The number of aryl methyl sites for hydroxylation is 1. The molecule has 0 bridgehead atoms. The molecule has 0 atom stereocenters. The third-order valence-corrected chi connectivity index (χ3v) is 4.36. The highest BCUT2D eigenvalue weighted by Gasteiger charge is 2.11. The van der Waals surface area contributed by atoms with E-state index in [1.807, 2.05) is 25.1 Å². The van der Waals surface area contributed by atoms with Gasteiger partial charge in [0.15, 0.2) is 11.8 Å². The second-order valence-electron chi connectivity index (χ2n) is 5.46. The van der Waals surface area contributed by atoms with E-state index in [9.17, 15) is 14.4 Å². The Hall–Kier alpha value is -2.58. The van der Waals surface area contributed by atoms with Crippen molar-refractivity contribution in [2.24, 2.45) is 0 Å². The molecule has 0 fully saturated rings. The number of rotatable bonds is 8. The number of nitrogens with one attached hydrogen (secondary N) is 2. The number of carbonyl (C=O) groups excluding carboxylic acids is 3. The first-order chi connectivity index (χ1) is 12.9. The number of pyridine rings is 1. The fourth-order valence-corrected chi connectivity index (χ4v) is 2.78. The van der Waals surface area contributed by atoms with Gasteiger partial charge in [0, 0.05) is 11.9 Å². The van der Waals surface area contributed by atoms with Crippen LogP contribution in [-0.4, -0.2) is 40.9 Å². The maximum absolute atomic E-state index is 11.8. The fraction of sp³-hybridized carbons (Fsp3) is 0.222. The number of aromatic nitrogens is 1. The van der Waals surface area contributed by atoms with E-state index < -0.39 is 18.5 Å². The number of nitrogens with zero attached hydrogens (tertiary/aromatic N) is 1. The molecule has 9 heteroatoms. The smallest absolute Gasteiger partial charge is 0.316 e. The number of esters is 1. The summed E-state index contributed by atoms with van der Waals surface area (Å²) in [6.07, 6.45) is 1.49. The number of anilines is 2. The highest BCUT2D eigenvalue weighted by molar-refractivity contribution is 8.00. The zero-order valence-corrected chi connectivity index (χ0v) is 16.1. The van der Waals surface area contributed by atoms with E-state index in [4.69, 9.17) is 16.3 Å². The van der Waals surface area contributed by atoms with E-state index in [2.05, 4.69) is 15.6 Å². The molecule has 0 saturated heterocycles. The summed E-state index contributed by atoms with van der Waals surface area (Å²) in [5, 5.41) is 5.38. The Labute approximate surface area is 165 Å². The van der Waals surface area contributed by atoms with Gasteiger partial charge in [0.25, 0.3) is 5.91 Å². The Morgan fingerprint density at radius 3 is 2.67 bits per heavy atom. The van der Waals surface area contributed by atoms with Crippen molar-refractivity contribution in [3.63, 3.8) is 0 Å². The van der Waals surface area contributed by atoms with Gasteiger partial charge in [0.1, 0.15) is 0 Å². The fourth-order valence-electron chi connectivity index (χ4n) is 2.00. The Bertz CT molecular complexity index is 832. The van der Waals surface area contributed by atoms with Gasteiger partial charge in [-0.25, -0.2) is 4.98 Å². The van der Waals surface area contributed by atoms with Crippen LogP contribution in [0.4, 0.5) is 11.4 Å². The topological polar surface area (TPSA) is 97.4 Å². The quantitative estimate of drug-likeness (QED) is 0.515. The predicted octanol–water partition coefficient (Wildman–Crippen LogP) is 2.90. The summed E-state index contributed by atoms with van der Waals surface area (Å²) in [7, 11) is 0. The summed E-state index contributed by atoms with van der Waals surface area (Å²) >= 11 is 6.92. The summed E-state index contributed by atoms with van der Waals surface area (Å²) in [5.41, 5.74) is 2.08. The Balaban J connectivity index is 1.63. The molecule has 2 N–H and O–H groups in total. The molecule has 142 valence electrons. The van der Waals surface area contributed by atoms with Crippen LogP contribution >= 0.6 is 23.4 Å². The van der Waals surface area contributed by atoms with Crippen LogP contribution in [0, 0.1) is 6.92 Å². The van der Waals surface area contributed by atoms with Crippen LogP contribution in [0.25, 0.3) is 0 Å². The number of benzene rings is 1. The third-order valence-electron chi connectivity index (χ3n) is 3.15. The number of hydrogen-bond donors (Lipinski definition) is 2. The van der Waals surface area contributed by atoms with Gasteiger partial charge in [-0.05, 0) is 36.8 Å². The molecular formula is C18H18ClN3O4S. The molecule has 27 heavy (non-hydrogen) atoms. The van der Waals surface area contributed by atoms with Crippen molar-refractivity contribution >= 4 is 52.5 Å². The molecule has 0 saturated carbocycles. The maximum atomic E-state index is 11.8. The average molecular weight is 408 g/mol. The van der Waals surface area contributed by atoms with Gasteiger partial charge in [-0.15, -0.1) is 11.8 Å². The van der Waals surface area contributed by atoms with Crippen LogP contribution < -0.4 is 10.6 Å². The van der Waals surface area contributed by atoms with Crippen LogP contribution in [-0.2, 0) is 19.1 Å². The van der Waals surface area contributed by atoms with E-state index >= 15 is 0 Å². The second-order valence-corrected chi connectivity index (χ2v) is 6.80. The SMILES string of the molecule is Cc1cccc(NC(=O)CSCC(=O)OCC(=O)Nc2cccnc2Cl)c1. The Morgan fingerprint density at radius 1 is 1.11 bits per heavy atom. The normalized spacial score (nSPS) is 10.1. The molecule has 1 aromatic carbocycles. The standard InChI is InChI=1S/C18H18ClN3O4S/c1-12-4-2-5-13(8-12)21-16(24)10-27-11-17(25)26-9-15(23)22-14-6-3-7-20-18(14)19/h2-8H,9-11H2,1H3,(H,21,24)(H,22,23). The van der Waals surface area contributed by atoms with Gasteiger partial charge in [-0.2, -0.15) is 0 Å². The van der Waals surface area contributed by atoms with Crippen LogP contribution in [0.15, 0.2) is 42.6 Å². The highest BCUT2D eigenvalue weighted by Crippen LogP contribution is 2.17. The molecule has 2 aromatic rings. The first-order valence-electron chi connectivity index (χ1n) is 7.94. The largest absolute Gasteiger partial charge is 0.455 e. The molecule has 0 aliphatic carbocycles. The second kappa shape index (κ2) is 10.5. The monoisotopic (exact) mass is 407 g/mol. The Kier molecular flexibility index (Phi) is 8.09. The van der Waals surface area contributed by atoms with Gasteiger partial charge in [0.05, 0.1) is 17.2 Å². The summed E-state index contributed by atoms with van der Waals surface area (Å²) in [6, 6.07) is 10.6. The van der Waals surface area contributed by atoms with E-state index in [0.717, 1.165) is 17.3 Å². The average Bonchev–Trinajstić information content (AvgIpc) is 2.62. The van der Waals surface area contributed by atoms with Crippen LogP contribution in [0.1, 0.15) is 5.56 Å². The number of carbonyl (C=O) groups is 3. The summed E-state index contributed by atoms with van der Waals surface area (Å²) in [5.74, 6) is -1.28. The molecule has 1 aromatic heterocycles. The molecule has 0 aliphatic heterocycles. The maximum Gasteiger partial charge on any atom is 0.316 e. The molecule has 0 spiro atoms. The van der Waals surface area contributed by atoms with Crippen molar-refractivity contribution in [2.45, 2.75) is 6.92 Å². The zero-order valence-electron chi connectivity index (χ0n) is 14.5. The predicted molar refractivity (Wildman–Crippen MR) is 106 cm³/mol. The third kappa shape index (κ3) is 7.67. The lowest BCUT2D eigenvalue weighted by atomic mass is 10.2. The molecule has 0 radical (unpaired) electrons. The van der Waals surface area contributed by atoms with E-state index in [1.165, 1.54) is 6.20 Å². The van der Waals surface area contributed by atoms with Crippen LogP contribution in [0.3, 0.4) is 0 Å². The van der Waals surface area contributed by atoms with Gasteiger partial charge in [0.2, 0.25) is 5.91 Å². The molecule has 0 unspecified atom stereocenters. The molecular weight excluding hydrogens is 390 g/mol. The van der Waals surface area contributed by atoms with Gasteiger partial charge < -0.3 is 15.4 Å². The van der Waals surface area contributed by atoms with Crippen molar-refractivity contribution in [1.82, 2.24) is 4.98 Å². The van der Waals surface area contributed by atoms with Crippen molar-refractivity contribution in [2.75, 3.05) is 28.7 Å². The zero-order chi connectivity index (χ0) is 19.6. The number of hydrogen-bond acceptors (Lipinski definition) is 6. The highest BCUT2D eigenvalue weighted by atomic mass is 35.5. The molecule has 2 rings (SSSR count). The summed E-state index contributed by atoms with van der Waals surface area (Å²) in [4.78, 5) is 39.1. The van der Waals surface area contributed by atoms with Crippen LogP contribution in [0.2, 0.25) is 5.15 Å². The molecule has 0 aliphatic rings. The Morgan fingerprint density at radius 2 is 1.93 bits per heavy atom. The lowest BCUT2D eigenvalue weighted by Crippen LogP contribution is -2.22. The molecule has 2 amide bonds. The van der Waals surface area contributed by atoms with Gasteiger partial charge in [-0.1, -0.05) is 23.7 Å². The molecule has 7 nitrogen and oxygen atoms in total. The lowest BCUT2D eigenvalue weighted by Gasteiger charge is -2.08. The van der Waals surface area contributed by atoms with E-state index in [0.29, 0.717) is 11.4 Å². The first-order valence-corrected chi connectivity index (χ1v) is 9.47. The first kappa shape index (κ1) is 20.7. The summed E-state index contributed by atoms with van der Waals surface area (Å²) < 4.78 is 4.86.